The Bertz CT molecular complexity index is 944. The highest BCUT2D eigenvalue weighted by Gasteiger charge is 2.29. The van der Waals surface area contributed by atoms with E-state index >= 15 is 0 Å². The number of nitrogens with one attached hydrogen (secondary N) is 1. The molecule has 2 heterocycles. The quantitative estimate of drug-likeness (QED) is 0.722. The minimum Gasteiger partial charge on any atom is -0.351 e. The zero-order valence-electron chi connectivity index (χ0n) is 17.1. The first-order valence-electron chi connectivity index (χ1n) is 9.32. The number of anilines is 1. The number of benzene rings is 1. The molecule has 1 amide bonds. The van der Waals surface area contributed by atoms with Gasteiger partial charge in [-0.2, -0.15) is 0 Å². The topological polar surface area (TPSA) is 69.7 Å². The van der Waals surface area contributed by atoms with Crippen molar-refractivity contribution in [3.8, 4) is 0 Å². The fraction of sp³-hybridized carbons (Fsp3) is 0.450. The summed E-state index contributed by atoms with van der Waals surface area (Å²) in [4.78, 5) is 16.3. The first-order valence-corrected chi connectivity index (χ1v) is 12.1. The predicted molar refractivity (Wildman–Crippen MR) is 122 cm³/mol. The van der Waals surface area contributed by atoms with Gasteiger partial charge in [-0.3, -0.25) is 14.0 Å². The van der Waals surface area contributed by atoms with Crippen molar-refractivity contribution >= 4 is 45.4 Å². The number of halogens is 1. The van der Waals surface area contributed by atoms with Crippen molar-refractivity contribution in [1.29, 1.82) is 0 Å². The second-order valence-corrected chi connectivity index (χ2v) is 10.3. The number of carbonyl (C=O) groups excluding carboxylic acids is 1. The molecule has 0 saturated heterocycles. The Morgan fingerprint density at radius 1 is 1.24 bits per heavy atom. The van der Waals surface area contributed by atoms with Crippen molar-refractivity contribution in [3.63, 3.8) is 0 Å². The number of rotatable bonds is 6. The lowest BCUT2D eigenvalue weighted by Gasteiger charge is -2.38. The molecule has 2 unspecified atom stereocenters. The van der Waals surface area contributed by atoms with Gasteiger partial charge in [0.05, 0.1) is 11.9 Å². The van der Waals surface area contributed by atoms with Crippen LogP contribution in [0.25, 0.3) is 0 Å². The summed E-state index contributed by atoms with van der Waals surface area (Å²) in [6, 6.07) is 9.61. The Balaban J connectivity index is 0.00000300. The summed E-state index contributed by atoms with van der Waals surface area (Å²) in [5.41, 5.74) is 2.50. The molecule has 6 nitrogen and oxygen atoms in total. The molecule has 0 spiro atoms. The molecule has 9 heteroatoms. The number of nitrogens with zero attached hydrogens (tertiary/aromatic N) is 2. The number of fused-ring (bicyclic) bond motifs is 1. The smallest absolute Gasteiger partial charge is 0.251 e. The lowest BCUT2D eigenvalue weighted by atomic mass is 9.97. The van der Waals surface area contributed by atoms with Crippen LogP contribution < -0.4 is 9.62 Å². The first kappa shape index (κ1) is 23.7. The van der Waals surface area contributed by atoms with Gasteiger partial charge in [-0.1, -0.05) is 0 Å². The van der Waals surface area contributed by atoms with Gasteiger partial charge in [0.2, 0.25) is 10.0 Å². The minimum atomic E-state index is -3.32. The van der Waals surface area contributed by atoms with E-state index < -0.39 is 10.0 Å². The molecular formula is C20H28ClN3O3S2. The Labute approximate surface area is 183 Å². The Morgan fingerprint density at radius 3 is 2.52 bits per heavy atom. The van der Waals surface area contributed by atoms with E-state index in [-0.39, 0.29) is 18.3 Å². The molecular weight excluding hydrogens is 430 g/mol. The minimum absolute atomic E-state index is 0. The summed E-state index contributed by atoms with van der Waals surface area (Å²) >= 11 is 1.81. The maximum absolute atomic E-state index is 12.4. The van der Waals surface area contributed by atoms with Gasteiger partial charge in [0.1, 0.15) is 0 Å². The fourth-order valence-corrected chi connectivity index (χ4v) is 5.20. The normalized spacial score (nSPS) is 19.2. The maximum Gasteiger partial charge on any atom is 0.251 e. The molecule has 0 bridgehead atoms. The van der Waals surface area contributed by atoms with Crippen LogP contribution in [0.4, 0.5) is 5.69 Å². The lowest BCUT2D eigenvalue weighted by molar-refractivity contribution is 0.0930. The molecule has 1 aromatic carbocycles. The molecule has 0 aliphatic carbocycles. The van der Waals surface area contributed by atoms with Crippen LogP contribution in [0.15, 0.2) is 35.7 Å². The van der Waals surface area contributed by atoms with Crippen molar-refractivity contribution in [1.82, 2.24) is 10.2 Å². The van der Waals surface area contributed by atoms with Crippen LogP contribution in [0.1, 0.15) is 40.7 Å². The molecule has 0 fully saturated rings. The van der Waals surface area contributed by atoms with E-state index in [0.717, 1.165) is 19.2 Å². The van der Waals surface area contributed by atoms with Crippen LogP contribution in [0, 0.1) is 0 Å². The standard InChI is InChI=1S/C20H27N3O3S2.ClH/c1-14-13-17-9-12-27-19(17)15(2)23(14)11-10-21-20(24)16-5-7-18(8-6-16)22(3)28(4,25)26;/h5-9,12,14-15H,10-11,13H2,1-4H3,(H,21,24);1H. The highest BCUT2D eigenvalue weighted by Crippen LogP contribution is 2.35. The monoisotopic (exact) mass is 457 g/mol. The molecule has 1 aliphatic heterocycles. The third-order valence-corrected chi connectivity index (χ3v) is 7.72. The van der Waals surface area contributed by atoms with Crippen LogP contribution in [-0.4, -0.2) is 51.7 Å². The molecule has 160 valence electrons. The highest BCUT2D eigenvalue weighted by molar-refractivity contribution is 7.92. The van der Waals surface area contributed by atoms with Crippen molar-refractivity contribution in [2.45, 2.75) is 32.4 Å². The van der Waals surface area contributed by atoms with Gasteiger partial charge in [0, 0.05) is 42.7 Å². The van der Waals surface area contributed by atoms with E-state index in [1.165, 1.54) is 21.8 Å². The molecule has 2 aromatic rings. The summed E-state index contributed by atoms with van der Waals surface area (Å²) < 4.78 is 24.4. The van der Waals surface area contributed by atoms with Crippen molar-refractivity contribution < 1.29 is 13.2 Å². The third kappa shape index (κ3) is 5.31. The second kappa shape index (κ2) is 9.47. The van der Waals surface area contributed by atoms with E-state index in [1.807, 2.05) is 0 Å². The number of hydrogen-bond acceptors (Lipinski definition) is 5. The summed E-state index contributed by atoms with van der Waals surface area (Å²) in [5, 5.41) is 5.13. The highest BCUT2D eigenvalue weighted by atomic mass is 35.5. The number of amides is 1. The molecule has 1 N–H and O–H groups in total. The van der Waals surface area contributed by atoms with Crippen molar-refractivity contribution in [2.24, 2.45) is 0 Å². The Morgan fingerprint density at radius 2 is 1.90 bits per heavy atom. The van der Waals surface area contributed by atoms with Gasteiger partial charge < -0.3 is 5.32 Å². The SMILES string of the molecule is CC1Cc2ccsc2C(C)N1CCNC(=O)c1ccc(N(C)S(C)(=O)=O)cc1.Cl. The third-order valence-electron chi connectivity index (χ3n) is 5.39. The van der Waals surface area contributed by atoms with Crippen molar-refractivity contribution in [2.75, 3.05) is 30.7 Å². The van der Waals surface area contributed by atoms with Gasteiger partial charge >= 0.3 is 0 Å². The predicted octanol–water partition coefficient (Wildman–Crippen LogP) is 3.30. The summed E-state index contributed by atoms with van der Waals surface area (Å²) in [7, 11) is -1.82. The molecule has 0 radical (unpaired) electrons. The van der Waals surface area contributed by atoms with E-state index in [1.54, 1.807) is 35.6 Å². The number of hydrogen-bond donors (Lipinski definition) is 1. The van der Waals surface area contributed by atoms with Gasteiger partial charge in [-0.05, 0) is 61.5 Å². The van der Waals surface area contributed by atoms with Crippen LogP contribution >= 0.6 is 23.7 Å². The van der Waals surface area contributed by atoms with E-state index in [4.69, 9.17) is 0 Å². The zero-order valence-corrected chi connectivity index (χ0v) is 19.5. The second-order valence-electron chi connectivity index (χ2n) is 7.31. The van der Waals surface area contributed by atoms with Gasteiger partial charge in [-0.15, -0.1) is 23.7 Å². The fourth-order valence-electron chi connectivity index (χ4n) is 3.68. The van der Waals surface area contributed by atoms with E-state index in [2.05, 4.69) is 35.5 Å². The molecule has 1 aromatic heterocycles. The first-order chi connectivity index (χ1) is 13.2. The average Bonchev–Trinajstić information content (AvgIpc) is 3.11. The summed E-state index contributed by atoms with van der Waals surface area (Å²) in [5.74, 6) is -0.150. The van der Waals surface area contributed by atoms with Gasteiger partial charge in [0.15, 0.2) is 0 Å². The van der Waals surface area contributed by atoms with Crippen LogP contribution in [0.5, 0.6) is 0 Å². The Kier molecular flexibility index (Phi) is 7.73. The summed E-state index contributed by atoms with van der Waals surface area (Å²) in [6.07, 6.45) is 2.20. The zero-order chi connectivity index (χ0) is 20.5. The maximum atomic E-state index is 12.4. The van der Waals surface area contributed by atoms with Gasteiger partial charge in [-0.25, -0.2) is 8.42 Å². The summed E-state index contributed by atoms with van der Waals surface area (Å²) in [6.45, 7) is 5.82. The molecule has 0 saturated carbocycles. The average molecular weight is 458 g/mol. The molecule has 1 aliphatic rings. The van der Waals surface area contributed by atoms with Gasteiger partial charge in [0.25, 0.3) is 5.91 Å². The van der Waals surface area contributed by atoms with Crippen molar-refractivity contribution in [3.05, 3.63) is 51.7 Å². The number of sulfonamides is 1. The van der Waals surface area contributed by atoms with Crippen LogP contribution in [-0.2, 0) is 16.4 Å². The molecule has 2 atom stereocenters. The van der Waals surface area contributed by atoms with Crippen LogP contribution in [0.2, 0.25) is 0 Å². The largest absolute Gasteiger partial charge is 0.351 e. The number of thiophene rings is 1. The van der Waals surface area contributed by atoms with Crippen LogP contribution in [0.3, 0.4) is 0 Å². The molecule has 29 heavy (non-hydrogen) atoms. The molecule has 3 rings (SSSR count). The van der Waals surface area contributed by atoms with E-state index in [9.17, 15) is 13.2 Å². The lowest BCUT2D eigenvalue weighted by Crippen LogP contribution is -2.44. The Hall–Kier alpha value is -1.61. The number of carbonyl (C=O) groups is 1. The van der Waals surface area contributed by atoms with E-state index in [0.29, 0.717) is 29.9 Å².